The summed E-state index contributed by atoms with van der Waals surface area (Å²) in [4.78, 5) is 16.7. The lowest BCUT2D eigenvalue weighted by atomic mass is 9.85. The number of pyridine rings is 1. The van der Waals surface area contributed by atoms with Crippen molar-refractivity contribution in [2.24, 2.45) is 5.92 Å². The molecule has 1 aliphatic carbocycles. The lowest BCUT2D eigenvalue weighted by molar-refractivity contribution is -0.121. The quantitative estimate of drug-likeness (QED) is 0.722. The van der Waals surface area contributed by atoms with Crippen LogP contribution in [0.25, 0.3) is 0 Å². The summed E-state index contributed by atoms with van der Waals surface area (Å²) in [6, 6.07) is 3.88. The van der Waals surface area contributed by atoms with Crippen molar-refractivity contribution in [2.75, 3.05) is 5.32 Å². The monoisotopic (exact) mass is 316 g/mol. The summed E-state index contributed by atoms with van der Waals surface area (Å²) >= 11 is 0. The van der Waals surface area contributed by atoms with E-state index >= 15 is 0 Å². The molecule has 3 atom stereocenters. The van der Waals surface area contributed by atoms with E-state index < -0.39 is 6.23 Å². The fourth-order valence-corrected chi connectivity index (χ4v) is 2.92. The van der Waals surface area contributed by atoms with Crippen molar-refractivity contribution < 1.29 is 9.90 Å². The molecule has 1 saturated carbocycles. The zero-order chi connectivity index (χ0) is 16.8. The van der Waals surface area contributed by atoms with E-state index in [1.807, 2.05) is 26.0 Å². The minimum atomic E-state index is -0.826. The van der Waals surface area contributed by atoms with Gasteiger partial charge in [-0.2, -0.15) is 5.26 Å². The van der Waals surface area contributed by atoms with Crippen LogP contribution < -0.4 is 10.6 Å². The van der Waals surface area contributed by atoms with Crippen molar-refractivity contribution in [3.05, 3.63) is 23.4 Å². The number of carbonyl (C=O) groups excluding carboxylic acids is 1. The number of aliphatic hydroxyl groups excluding tert-OH is 1. The highest BCUT2D eigenvalue weighted by molar-refractivity contribution is 5.91. The molecule has 0 radical (unpaired) electrons. The van der Waals surface area contributed by atoms with Crippen LogP contribution in [0.5, 0.6) is 0 Å². The number of hydrogen-bond acceptors (Lipinski definition) is 5. The highest BCUT2D eigenvalue weighted by Gasteiger charge is 2.28. The van der Waals surface area contributed by atoms with Crippen LogP contribution in [0.1, 0.15) is 43.2 Å². The molecule has 1 fully saturated rings. The molecule has 2 rings (SSSR count). The molecule has 1 heterocycles. The summed E-state index contributed by atoms with van der Waals surface area (Å²) in [6.07, 6.45) is 4.33. The highest BCUT2D eigenvalue weighted by atomic mass is 16.3. The number of aliphatic hydroxyl groups is 1. The minimum Gasteiger partial charge on any atom is -0.378 e. The van der Waals surface area contributed by atoms with Crippen molar-refractivity contribution in [2.45, 2.75) is 58.2 Å². The third-order valence-corrected chi connectivity index (χ3v) is 4.38. The fraction of sp³-hybridized carbons (Fsp3) is 0.588. The Labute approximate surface area is 136 Å². The second-order valence-electron chi connectivity index (χ2n) is 6.25. The van der Waals surface area contributed by atoms with Gasteiger partial charge in [0.15, 0.2) is 0 Å². The van der Waals surface area contributed by atoms with E-state index in [1.54, 1.807) is 6.20 Å². The molecule has 1 aromatic heterocycles. The summed E-state index contributed by atoms with van der Waals surface area (Å²) in [5.74, 6) is 0.457. The van der Waals surface area contributed by atoms with E-state index in [4.69, 9.17) is 5.26 Å². The molecule has 1 unspecified atom stereocenters. The Morgan fingerprint density at radius 1 is 1.48 bits per heavy atom. The van der Waals surface area contributed by atoms with Crippen molar-refractivity contribution in [3.8, 4) is 6.07 Å². The first-order valence-electron chi connectivity index (χ1n) is 8.04. The van der Waals surface area contributed by atoms with Gasteiger partial charge in [-0.25, -0.2) is 4.98 Å². The van der Waals surface area contributed by atoms with Gasteiger partial charge in [-0.15, -0.1) is 0 Å². The Morgan fingerprint density at radius 2 is 2.26 bits per heavy atom. The summed E-state index contributed by atoms with van der Waals surface area (Å²) < 4.78 is 0. The number of nitrogens with one attached hydrogen (secondary N) is 2. The van der Waals surface area contributed by atoms with Gasteiger partial charge in [0.1, 0.15) is 12.0 Å². The van der Waals surface area contributed by atoms with Gasteiger partial charge in [0, 0.05) is 18.2 Å². The lowest BCUT2D eigenvalue weighted by Crippen LogP contribution is -2.43. The van der Waals surface area contributed by atoms with Crippen LogP contribution in [0.3, 0.4) is 0 Å². The van der Waals surface area contributed by atoms with Crippen LogP contribution >= 0.6 is 0 Å². The smallest absolute Gasteiger partial charge is 0.228 e. The Bertz CT molecular complexity index is 597. The molecular formula is C17H24N4O2. The first kappa shape index (κ1) is 17.4. The number of aromatic nitrogens is 1. The second-order valence-corrected chi connectivity index (χ2v) is 6.25. The molecular weight excluding hydrogens is 292 g/mol. The van der Waals surface area contributed by atoms with E-state index in [0.717, 1.165) is 30.4 Å². The van der Waals surface area contributed by atoms with Gasteiger partial charge in [-0.05, 0) is 50.3 Å². The zero-order valence-corrected chi connectivity index (χ0v) is 13.7. The van der Waals surface area contributed by atoms with Crippen LogP contribution in [-0.4, -0.2) is 28.3 Å². The largest absolute Gasteiger partial charge is 0.378 e. The number of nitrogens with zero attached hydrogens (tertiary/aromatic N) is 2. The van der Waals surface area contributed by atoms with Gasteiger partial charge in [0.05, 0.1) is 12.5 Å². The molecule has 1 amide bonds. The number of hydrogen-bond donors (Lipinski definition) is 3. The van der Waals surface area contributed by atoms with Crippen molar-refractivity contribution >= 4 is 11.7 Å². The van der Waals surface area contributed by atoms with Crippen LogP contribution in [0.4, 0.5) is 5.82 Å². The Morgan fingerprint density at radius 3 is 2.96 bits per heavy atom. The molecule has 0 saturated heterocycles. The molecule has 0 bridgehead atoms. The predicted octanol–water partition coefficient (Wildman–Crippen LogP) is 2.02. The number of nitriles is 1. The number of anilines is 1. The van der Waals surface area contributed by atoms with E-state index in [9.17, 15) is 9.90 Å². The molecule has 6 nitrogen and oxygen atoms in total. The normalized spacial score (nSPS) is 22.2. The molecule has 0 spiro atoms. The first-order valence-corrected chi connectivity index (χ1v) is 8.04. The van der Waals surface area contributed by atoms with Crippen LogP contribution in [0.15, 0.2) is 12.3 Å². The van der Waals surface area contributed by atoms with Gasteiger partial charge in [-0.3, -0.25) is 10.1 Å². The van der Waals surface area contributed by atoms with E-state index in [0.29, 0.717) is 12.2 Å². The van der Waals surface area contributed by atoms with E-state index in [1.165, 1.54) is 0 Å². The maximum Gasteiger partial charge on any atom is 0.228 e. The minimum absolute atomic E-state index is 0.0259. The third-order valence-electron chi connectivity index (χ3n) is 4.38. The molecule has 0 aromatic carbocycles. The summed E-state index contributed by atoms with van der Waals surface area (Å²) in [5, 5.41) is 24.2. The van der Waals surface area contributed by atoms with Gasteiger partial charge in [0.25, 0.3) is 0 Å². The third kappa shape index (κ3) is 5.02. The standard InChI is InChI=1S/C17H24N4O2/c1-11-8-15(19-10-12(11)2)21-17(23)13-4-3-5-14(9-13)20-16(22)6-7-18/h8,10,13-14,16,20,22H,3-6,9H2,1-2H3,(H,19,21,23)/t13-,14+,16?/m0/s1. The van der Waals surface area contributed by atoms with Crippen molar-refractivity contribution in [1.29, 1.82) is 5.26 Å². The Balaban J connectivity index is 1.91. The summed E-state index contributed by atoms with van der Waals surface area (Å²) in [7, 11) is 0. The van der Waals surface area contributed by atoms with E-state index in [-0.39, 0.29) is 24.3 Å². The number of amides is 1. The van der Waals surface area contributed by atoms with Crippen molar-refractivity contribution in [1.82, 2.24) is 10.3 Å². The molecule has 3 N–H and O–H groups in total. The topological polar surface area (TPSA) is 98.0 Å². The number of rotatable bonds is 5. The molecule has 1 aliphatic rings. The van der Waals surface area contributed by atoms with Gasteiger partial charge < -0.3 is 10.4 Å². The average molecular weight is 316 g/mol. The second kappa shape index (κ2) is 8.04. The highest BCUT2D eigenvalue weighted by Crippen LogP contribution is 2.26. The molecule has 0 aliphatic heterocycles. The molecule has 23 heavy (non-hydrogen) atoms. The number of aryl methyl sites for hydroxylation is 2. The Hall–Kier alpha value is -1.97. The molecule has 1 aromatic rings. The Kier molecular flexibility index (Phi) is 6.08. The maximum absolute atomic E-state index is 12.4. The van der Waals surface area contributed by atoms with Gasteiger partial charge >= 0.3 is 0 Å². The summed E-state index contributed by atoms with van der Waals surface area (Å²) in [6.45, 7) is 3.97. The van der Waals surface area contributed by atoms with Crippen LogP contribution in [-0.2, 0) is 4.79 Å². The van der Waals surface area contributed by atoms with Crippen molar-refractivity contribution in [3.63, 3.8) is 0 Å². The van der Waals surface area contributed by atoms with Crippen LogP contribution in [0.2, 0.25) is 0 Å². The average Bonchev–Trinajstić information content (AvgIpc) is 2.51. The lowest BCUT2D eigenvalue weighted by Gasteiger charge is -2.30. The number of carbonyl (C=O) groups is 1. The maximum atomic E-state index is 12.4. The first-order chi connectivity index (χ1) is 11.0. The van der Waals surface area contributed by atoms with Gasteiger partial charge in [-0.1, -0.05) is 6.42 Å². The van der Waals surface area contributed by atoms with Gasteiger partial charge in [0.2, 0.25) is 5.91 Å². The fourth-order valence-electron chi connectivity index (χ4n) is 2.92. The molecule has 6 heteroatoms. The van der Waals surface area contributed by atoms with E-state index in [2.05, 4.69) is 15.6 Å². The SMILES string of the molecule is Cc1cnc(NC(=O)[C@H]2CCC[C@@H](NC(O)CC#N)C2)cc1C. The molecule has 124 valence electrons. The predicted molar refractivity (Wildman–Crippen MR) is 87.5 cm³/mol. The summed E-state index contributed by atoms with van der Waals surface area (Å²) in [5.41, 5.74) is 2.19. The van der Waals surface area contributed by atoms with Crippen LogP contribution in [0, 0.1) is 31.1 Å². The zero-order valence-electron chi connectivity index (χ0n) is 13.7.